The molecule has 0 radical (unpaired) electrons. The van der Waals surface area contributed by atoms with Gasteiger partial charge in [-0.1, -0.05) is 59.3 Å². The summed E-state index contributed by atoms with van der Waals surface area (Å²) in [5.41, 5.74) is 2.16. The van der Waals surface area contributed by atoms with E-state index in [4.69, 9.17) is 4.74 Å². The summed E-state index contributed by atoms with van der Waals surface area (Å²) in [6, 6.07) is 7.72. The maximum Gasteiger partial charge on any atom is 0.159 e. The molecule has 4 heteroatoms. The molecule has 3 nitrogen and oxygen atoms in total. The largest absolute Gasteiger partial charge is 0.493 e. The average Bonchev–Trinajstić information content (AvgIpc) is 2.76. The van der Waals surface area contributed by atoms with Crippen molar-refractivity contribution >= 4 is 0 Å². The second-order valence-electron chi connectivity index (χ2n) is 8.00. The number of ether oxygens (including phenoxy) is 1. The van der Waals surface area contributed by atoms with Crippen LogP contribution in [0.25, 0.3) is 11.4 Å². The molecule has 0 bridgehead atoms. The molecular weight excluding hydrogens is 363 g/mol. The molecule has 1 aromatic heterocycles. The van der Waals surface area contributed by atoms with Gasteiger partial charge in [0.15, 0.2) is 5.82 Å². The van der Waals surface area contributed by atoms with Crippen molar-refractivity contribution in [1.29, 1.82) is 0 Å². The molecule has 0 spiro atoms. The molecule has 2 rings (SSSR count). The van der Waals surface area contributed by atoms with Crippen LogP contribution in [0.15, 0.2) is 36.7 Å². The average molecular weight is 401 g/mol. The quantitative estimate of drug-likeness (QED) is 0.314. The number of rotatable bonds is 14. The standard InChI is InChI=1S/C25H37FN2O/c1-4-6-7-8-9-10-11-21-18-27-25(28-19-21)22-12-14-23(15-13-22)29-17-16-24(26)20(3)5-2/h12-15,18-20,24H,4-11,16-17H2,1-3H3. The van der Waals surface area contributed by atoms with Crippen molar-refractivity contribution in [2.45, 2.75) is 84.7 Å². The van der Waals surface area contributed by atoms with Crippen LogP contribution >= 0.6 is 0 Å². The Hall–Kier alpha value is -1.97. The highest BCUT2D eigenvalue weighted by atomic mass is 19.1. The lowest BCUT2D eigenvalue weighted by Gasteiger charge is -2.15. The third-order valence-corrected chi connectivity index (χ3v) is 5.56. The Labute approximate surface area is 176 Å². The van der Waals surface area contributed by atoms with Gasteiger partial charge in [0, 0.05) is 24.4 Å². The smallest absolute Gasteiger partial charge is 0.159 e. The fourth-order valence-electron chi connectivity index (χ4n) is 3.27. The first kappa shape index (κ1) is 23.3. The Morgan fingerprint density at radius 2 is 1.59 bits per heavy atom. The Morgan fingerprint density at radius 3 is 2.24 bits per heavy atom. The van der Waals surface area contributed by atoms with Crippen LogP contribution in [0.1, 0.15) is 77.7 Å². The van der Waals surface area contributed by atoms with Crippen molar-refractivity contribution in [2.24, 2.45) is 5.92 Å². The Balaban J connectivity index is 1.76. The molecule has 0 aliphatic carbocycles. The molecule has 2 unspecified atom stereocenters. The van der Waals surface area contributed by atoms with Gasteiger partial charge >= 0.3 is 0 Å². The summed E-state index contributed by atoms with van der Waals surface area (Å²) in [5, 5.41) is 0. The minimum absolute atomic E-state index is 0.0853. The fraction of sp³-hybridized carbons (Fsp3) is 0.600. The van der Waals surface area contributed by atoms with Gasteiger partial charge in [-0.15, -0.1) is 0 Å². The van der Waals surface area contributed by atoms with Gasteiger partial charge in [0.2, 0.25) is 0 Å². The van der Waals surface area contributed by atoms with E-state index in [1.165, 1.54) is 44.1 Å². The van der Waals surface area contributed by atoms with Crippen LogP contribution in [0, 0.1) is 5.92 Å². The molecule has 0 aliphatic heterocycles. The molecule has 1 heterocycles. The zero-order chi connectivity index (χ0) is 20.9. The number of halogens is 1. The van der Waals surface area contributed by atoms with Crippen LogP contribution in [0.4, 0.5) is 4.39 Å². The molecule has 0 amide bonds. The number of aryl methyl sites for hydroxylation is 1. The molecule has 2 aromatic rings. The Kier molecular flexibility index (Phi) is 10.7. The monoisotopic (exact) mass is 400 g/mol. The van der Waals surface area contributed by atoms with Crippen molar-refractivity contribution < 1.29 is 9.13 Å². The van der Waals surface area contributed by atoms with Crippen molar-refractivity contribution in [3.05, 3.63) is 42.2 Å². The Bertz CT molecular complexity index is 672. The highest BCUT2D eigenvalue weighted by Gasteiger charge is 2.14. The summed E-state index contributed by atoms with van der Waals surface area (Å²) in [4.78, 5) is 9.04. The van der Waals surface area contributed by atoms with Gasteiger partial charge in [-0.05, 0) is 48.6 Å². The molecule has 0 N–H and O–H groups in total. The third kappa shape index (κ3) is 8.51. The van der Waals surface area contributed by atoms with Crippen molar-refractivity contribution in [1.82, 2.24) is 9.97 Å². The van der Waals surface area contributed by atoms with Crippen molar-refractivity contribution in [3.8, 4) is 17.1 Å². The zero-order valence-electron chi connectivity index (χ0n) is 18.4. The van der Waals surface area contributed by atoms with Crippen molar-refractivity contribution in [2.75, 3.05) is 6.61 Å². The molecule has 29 heavy (non-hydrogen) atoms. The van der Waals surface area contributed by atoms with Gasteiger partial charge in [0.25, 0.3) is 0 Å². The van der Waals surface area contributed by atoms with Gasteiger partial charge in [-0.3, -0.25) is 0 Å². The highest BCUT2D eigenvalue weighted by molar-refractivity contribution is 5.55. The van der Waals surface area contributed by atoms with Gasteiger partial charge < -0.3 is 4.74 Å². The number of nitrogens with zero attached hydrogens (tertiary/aromatic N) is 2. The van der Waals surface area contributed by atoms with E-state index in [1.807, 2.05) is 50.5 Å². The SMILES string of the molecule is CCCCCCCCc1cnc(-c2ccc(OCCC(F)C(C)CC)cc2)nc1. The van der Waals surface area contributed by atoms with Crippen LogP contribution in [0.5, 0.6) is 5.75 Å². The number of unbranched alkanes of at least 4 members (excludes halogenated alkanes) is 5. The summed E-state index contributed by atoms with van der Waals surface area (Å²) in [5.74, 6) is 1.57. The van der Waals surface area contributed by atoms with E-state index in [0.29, 0.717) is 13.0 Å². The fourth-order valence-corrected chi connectivity index (χ4v) is 3.27. The van der Waals surface area contributed by atoms with Gasteiger partial charge in [0.05, 0.1) is 6.61 Å². The first-order valence-corrected chi connectivity index (χ1v) is 11.3. The van der Waals surface area contributed by atoms with E-state index < -0.39 is 6.17 Å². The Morgan fingerprint density at radius 1 is 0.931 bits per heavy atom. The summed E-state index contributed by atoms with van der Waals surface area (Å²) in [6.45, 7) is 6.60. The highest BCUT2D eigenvalue weighted by Crippen LogP contribution is 2.21. The van der Waals surface area contributed by atoms with E-state index in [-0.39, 0.29) is 5.92 Å². The maximum absolute atomic E-state index is 13.9. The number of alkyl halides is 1. The maximum atomic E-state index is 13.9. The van der Waals surface area contributed by atoms with Gasteiger partial charge in [-0.25, -0.2) is 14.4 Å². The van der Waals surface area contributed by atoms with Crippen LogP contribution in [-0.2, 0) is 6.42 Å². The number of hydrogen-bond donors (Lipinski definition) is 0. The predicted octanol–water partition coefficient (Wildman–Crippen LogP) is 7.20. The number of hydrogen-bond acceptors (Lipinski definition) is 3. The van der Waals surface area contributed by atoms with E-state index in [9.17, 15) is 4.39 Å². The molecule has 160 valence electrons. The second-order valence-corrected chi connectivity index (χ2v) is 8.00. The molecular formula is C25H37FN2O. The first-order chi connectivity index (χ1) is 14.1. The van der Waals surface area contributed by atoms with E-state index in [2.05, 4.69) is 16.9 Å². The lowest BCUT2D eigenvalue weighted by Crippen LogP contribution is -2.15. The molecule has 2 atom stereocenters. The van der Waals surface area contributed by atoms with Crippen LogP contribution < -0.4 is 4.74 Å². The molecule has 0 aliphatic rings. The van der Waals surface area contributed by atoms with Crippen LogP contribution in [-0.4, -0.2) is 22.7 Å². The first-order valence-electron chi connectivity index (χ1n) is 11.3. The topological polar surface area (TPSA) is 35.0 Å². The zero-order valence-corrected chi connectivity index (χ0v) is 18.4. The van der Waals surface area contributed by atoms with Crippen LogP contribution in [0.2, 0.25) is 0 Å². The minimum atomic E-state index is -0.803. The summed E-state index contributed by atoms with van der Waals surface area (Å²) >= 11 is 0. The normalized spacial score (nSPS) is 13.2. The summed E-state index contributed by atoms with van der Waals surface area (Å²) < 4.78 is 19.5. The van der Waals surface area contributed by atoms with Crippen molar-refractivity contribution in [3.63, 3.8) is 0 Å². The van der Waals surface area contributed by atoms with Gasteiger partial charge in [0.1, 0.15) is 11.9 Å². The molecule has 0 fully saturated rings. The summed E-state index contributed by atoms with van der Waals surface area (Å²) in [7, 11) is 0. The predicted molar refractivity (Wildman–Crippen MR) is 119 cm³/mol. The molecule has 1 aromatic carbocycles. The number of aromatic nitrogens is 2. The second kappa shape index (κ2) is 13.3. The molecule has 0 saturated carbocycles. The number of benzene rings is 1. The third-order valence-electron chi connectivity index (χ3n) is 5.56. The lowest BCUT2D eigenvalue weighted by atomic mass is 10.0. The molecule has 0 saturated heterocycles. The van der Waals surface area contributed by atoms with E-state index in [1.54, 1.807) is 0 Å². The van der Waals surface area contributed by atoms with Gasteiger partial charge in [-0.2, -0.15) is 0 Å². The lowest BCUT2D eigenvalue weighted by molar-refractivity contribution is 0.182. The minimum Gasteiger partial charge on any atom is -0.493 e. The van der Waals surface area contributed by atoms with Crippen LogP contribution in [0.3, 0.4) is 0 Å². The van der Waals surface area contributed by atoms with E-state index >= 15 is 0 Å². The summed E-state index contributed by atoms with van der Waals surface area (Å²) in [6.07, 6.45) is 13.2. The van der Waals surface area contributed by atoms with E-state index in [0.717, 1.165) is 30.0 Å².